The third kappa shape index (κ3) is 14.2. The zero-order chi connectivity index (χ0) is 27.7. The summed E-state index contributed by atoms with van der Waals surface area (Å²) in [4.78, 5) is 46.4. The van der Waals surface area contributed by atoms with Gasteiger partial charge in [-0.1, -0.05) is 12.1 Å². The molecule has 0 unspecified atom stereocenters. The van der Waals surface area contributed by atoms with Crippen molar-refractivity contribution in [3.05, 3.63) is 29.8 Å². The fourth-order valence-corrected chi connectivity index (χ4v) is 2.66. The molecule has 200 valence electrons. The fraction of sp³-hybridized carbons (Fsp3) is 0.542. The number of carboxylic acid groups (broad SMARTS) is 1. The van der Waals surface area contributed by atoms with Crippen LogP contribution in [0.1, 0.15) is 54.0 Å². The molecule has 0 aliphatic rings. The number of aliphatic imine (C=N–C) groups is 2. The first-order valence-corrected chi connectivity index (χ1v) is 11.2. The van der Waals surface area contributed by atoms with Crippen LogP contribution in [-0.2, 0) is 20.7 Å². The summed E-state index contributed by atoms with van der Waals surface area (Å²) in [6.45, 7) is 10.6. The topological polar surface area (TPSA) is 173 Å². The molecule has 0 fully saturated rings. The molecule has 0 saturated heterocycles. The maximum absolute atomic E-state index is 13.0. The Kier molecular flexibility index (Phi) is 13.2. The summed E-state index contributed by atoms with van der Waals surface area (Å²) < 4.78 is 10.7. The van der Waals surface area contributed by atoms with Crippen LogP contribution in [0, 0.1) is 0 Å². The van der Waals surface area contributed by atoms with Gasteiger partial charge in [-0.05, 0) is 72.1 Å². The Hall–Kier alpha value is -3.23. The molecule has 0 saturated carbocycles. The molecule has 0 heterocycles. The van der Waals surface area contributed by atoms with E-state index in [-0.39, 0.29) is 44.1 Å². The van der Waals surface area contributed by atoms with Gasteiger partial charge in [0.15, 0.2) is 6.04 Å². The first kappa shape index (κ1) is 33.8. The van der Waals surface area contributed by atoms with Crippen molar-refractivity contribution in [1.29, 1.82) is 0 Å². The summed E-state index contributed by atoms with van der Waals surface area (Å²) in [6.07, 6.45) is -2.04. The zero-order valence-corrected chi connectivity index (χ0v) is 22.7. The molecule has 37 heavy (non-hydrogen) atoms. The molecule has 0 radical (unpaired) electrons. The Morgan fingerprint density at radius 3 is 2.05 bits per heavy atom. The Bertz CT molecular complexity index is 978. The molecule has 1 aromatic rings. The minimum atomic E-state index is -1.44. The van der Waals surface area contributed by atoms with Crippen LogP contribution < -0.4 is 29.3 Å². The number of aliphatic carboxylic acids is 1. The Morgan fingerprint density at radius 1 is 1.05 bits per heavy atom. The summed E-state index contributed by atoms with van der Waals surface area (Å²) in [5, 5.41) is 33.0. The van der Waals surface area contributed by atoms with Gasteiger partial charge in [0, 0.05) is 6.42 Å². The molecule has 13 heteroatoms. The van der Waals surface area contributed by atoms with Crippen LogP contribution in [0.4, 0.5) is 9.59 Å². The number of aromatic hydroxyl groups is 1. The molecule has 0 bridgehead atoms. The van der Waals surface area contributed by atoms with Crippen molar-refractivity contribution in [3.8, 4) is 5.75 Å². The van der Waals surface area contributed by atoms with Crippen molar-refractivity contribution in [2.75, 3.05) is 13.1 Å². The quantitative estimate of drug-likeness (QED) is 0.243. The molecular weight excluding hydrogens is 479 g/mol. The van der Waals surface area contributed by atoms with Gasteiger partial charge in [-0.2, -0.15) is 0 Å². The Balaban J connectivity index is 0.0000130. The standard InChI is InChI=1S/C24H36N4O8.Li/c1-15(29)25-12-13-28(22(34)36-24(5,6)7)20(27-21(33)35-23(2,3)4)26-18(19(31)32)14-16-8-10-17(30)11-9-16;/h8-11,18,30H,12-14H2,1-7H3,(H,25,29)(H,31,32)(H,26,27,33);/q;+1/p-1/t18-;/m0./s1. The van der Waals surface area contributed by atoms with Crippen LogP contribution in [0.15, 0.2) is 34.3 Å². The summed E-state index contributed by atoms with van der Waals surface area (Å²) >= 11 is 0. The smallest absolute Gasteiger partial charge is 0.862 e. The second-order valence-corrected chi connectivity index (χ2v) is 9.84. The van der Waals surface area contributed by atoms with E-state index in [1.54, 1.807) is 41.5 Å². The molecule has 1 rings (SSSR count). The second-order valence-electron chi connectivity index (χ2n) is 9.84. The molecule has 1 atom stereocenters. The summed E-state index contributed by atoms with van der Waals surface area (Å²) in [5.41, 5.74) is -1.29. The van der Waals surface area contributed by atoms with Crippen molar-refractivity contribution in [3.63, 3.8) is 0 Å². The summed E-state index contributed by atoms with van der Waals surface area (Å²) in [6, 6.07) is 4.41. The van der Waals surface area contributed by atoms with E-state index in [2.05, 4.69) is 15.3 Å². The van der Waals surface area contributed by atoms with E-state index >= 15 is 0 Å². The van der Waals surface area contributed by atoms with E-state index in [0.717, 1.165) is 4.90 Å². The summed E-state index contributed by atoms with van der Waals surface area (Å²) in [7, 11) is 0. The number of hydrogen-bond donors (Lipinski definition) is 3. The normalized spacial score (nSPS) is 13.2. The molecule has 0 aliphatic heterocycles. The Labute approximate surface area is 228 Å². The first-order chi connectivity index (χ1) is 16.5. The van der Waals surface area contributed by atoms with E-state index < -0.39 is 47.3 Å². The van der Waals surface area contributed by atoms with Gasteiger partial charge in [0.25, 0.3) is 0 Å². The minimum absolute atomic E-state index is 0. The largest absolute Gasteiger partial charge is 1.00 e. The molecule has 3 N–H and O–H groups in total. The number of nitrogens with one attached hydrogen (secondary N) is 1. The molecule has 0 spiro atoms. The van der Waals surface area contributed by atoms with E-state index in [1.807, 2.05) is 0 Å². The van der Waals surface area contributed by atoms with E-state index in [1.165, 1.54) is 31.2 Å². The number of guanidine groups is 1. The van der Waals surface area contributed by atoms with Crippen molar-refractivity contribution < 1.29 is 58.0 Å². The number of benzene rings is 1. The zero-order valence-electron chi connectivity index (χ0n) is 22.7. The number of phenols is 1. The van der Waals surface area contributed by atoms with Crippen molar-refractivity contribution in [1.82, 2.24) is 10.2 Å². The van der Waals surface area contributed by atoms with Gasteiger partial charge in [0.2, 0.25) is 5.96 Å². The summed E-state index contributed by atoms with van der Waals surface area (Å²) in [5.74, 6) is -2.24. The average molecular weight is 515 g/mol. The van der Waals surface area contributed by atoms with Crippen molar-refractivity contribution in [2.24, 2.45) is 9.98 Å². The van der Waals surface area contributed by atoms with Crippen molar-refractivity contribution in [2.45, 2.75) is 72.1 Å². The van der Waals surface area contributed by atoms with E-state index in [4.69, 9.17) is 9.47 Å². The molecular formula is C24H35LiN4O8. The molecule has 1 aromatic carbocycles. The monoisotopic (exact) mass is 514 g/mol. The van der Waals surface area contributed by atoms with Gasteiger partial charge < -0.3 is 29.8 Å². The minimum Gasteiger partial charge on any atom is -0.862 e. The van der Waals surface area contributed by atoms with Crippen LogP contribution in [-0.4, -0.2) is 75.5 Å². The van der Waals surface area contributed by atoms with Gasteiger partial charge in [-0.15, -0.1) is 0 Å². The predicted molar refractivity (Wildman–Crippen MR) is 131 cm³/mol. The number of rotatable bonds is 7. The van der Waals surface area contributed by atoms with Gasteiger partial charge in [0.05, 0.1) is 13.1 Å². The number of carbonyl (C=O) groups is 3. The second kappa shape index (κ2) is 14.5. The molecule has 0 aromatic heterocycles. The van der Waals surface area contributed by atoms with Crippen LogP contribution in [0.25, 0.3) is 0 Å². The fourth-order valence-electron chi connectivity index (χ4n) is 2.66. The third-order valence-corrected chi connectivity index (χ3v) is 4.07. The van der Waals surface area contributed by atoms with Crippen molar-refractivity contribution >= 4 is 30.0 Å². The number of carboxylic acids is 1. The molecule has 12 nitrogen and oxygen atoms in total. The number of hydrogen-bond acceptors (Lipinski definition) is 9. The molecule has 0 aliphatic carbocycles. The predicted octanol–water partition coefficient (Wildman–Crippen LogP) is -0.712. The maximum atomic E-state index is 13.0. The number of carbonyl (C=O) groups excluding carboxylic acids is 2. The van der Waals surface area contributed by atoms with Crippen LogP contribution in [0.5, 0.6) is 5.75 Å². The van der Waals surface area contributed by atoms with E-state index in [0.29, 0.717) is 5.56 Å². The number of nitrogens with zero attached hydrogens (tertiary/aromatic N) is 3. The number of ether oxygens (including phenoxy) is 2. The maximum Gasteiger partial charge on any atom is 1.00 e. The Morgan fingerprint density at radius 2 is 1.59 bits per heavy atom. The SMILES string of the molecule is CC([O-])=NCCN(C(=O)OC(C)(C)C)C(=N[C@@H](Cc1ccc(O)cc1)C(=O)O)NC(=O)OC(C)(C)C.[Li+]. The molecule has 2 amide bonds. The van der Waals surface area contributed by atoms with Gasteiger partial charge in [-0.3, -0.25) is 5.32 Å². The van der Waals surface area contributed by atoms with Crippen LogP contribution in [0.3, 0.4) is 0 Å². The van der Waals surface area contributed by atoms with Gasteiger partial charge in [-0.25, -0.2) is 24.3 Å². The average Bonchev–Trinajstić information content (AvgIpc) is 2.68. The number of phenolic OH excluding ortho intramolecular Hbond substituents is 1. The van der Waals surface area contributed by atoms with Gasteiger partial charge >= 0.3 is 37.0 Å². The van der Waals surface area contributed by atoms with Crippen LogP contribution in [0.2, 0.25) is 0 Å². The number of alkyl carbamates (subject to hydrolysis) is 1. The third-order valence-electron chi connectivity index (χ3n) is 4.07. The van der Waals surface area contributed by atoms with Gasteiger partial charge in [0.1, 0.15) is 17.0 Å². The van der Waals surface area contributed by atoms with Crippen LogP contribution >= 0.6 is 0 Å². The number of amides is 2. The first-order valence-electron chi connectivity index (χ1n) is 11.2. The van der Waals surface area contributed by atoms with E-state index in [9.17, 15) is 29.7 Å².